The molecular weight excluding hydrogens is 238 g/mol. The van der Waals surface area contributed by atoms with Gasteiger partial charge in [-0.25, -0.2) is 9.97 Å². The lowest BCUT2D eigenvalue weighted by Crippen LogP contribution is -2.07. The van der Waals surface area contributed by atoms with Gasteiger partial charge in [0.2, 0.25) is 0 Å². The van der Waals surface area contributed by atoms with Gasteiger partial charge in [-0.2, -0.15) is 0 Å². The molecule has 3 aromatic rings. The van der Waals surface area contributed by atoms with E-state index in [4.69, 9.17) is 5.73 Å². The first kappa shape index (κ1) is 11.8. The van der Waals surface area contributed by atoms with E-state index in [2.05, 4.69) is 19.5 Å². The normalized spacial score (nSPS) is 11.0. The lowest BCUT2D eigenvalue weighted by Gasteiger charge is -2.07. The molecule has 3 rings (SSSR count). The van der Waals surface area contributed by atoms with Crippen molar-refractivity contribution in [2.45, 2.75) is 13.0 Å². The maximum absolute atomic E-state index is 5.61. The van der Waals surface area contributed by atoms with Gasteiger partial charge < -0.3 is 10.3 Å². The van der Waals surface area contributed by atoms with Crippen LogP contribution in [0, 0.1) is 0 Å². The minimum atomic E-state index is 0.655. The van der Waals surface area contributed by atoms with Crippen molar-refractivity contribution < 1.29 is 0 Å². The predicted octanol–water partition coefficient (Wildman–Crippen LogP) is 1.84. The SMILES string of the molecule is NCCCn1c(-c2ccncc2)nc2cccnc21. The first-order chi connectivity index (χ1) is 9.40. The molecule has 3 aromatic heterocycles. The molecule has 5 nitrogen and oxygen atoms in total. The molecule has 2 N–H and O–H groups in total. The van der Waals surface area contributed by atoms with Crippen LogP contribution in [0.1, 0.15) is 6.42 Å². The molecule has 0 aliphatic carbocycles. The van der Waals surface area contributed by atoms with Crippen LogP contribution in [-0.4, -0.2) is 26.1 Å². The summed E-state index contributed by atoms with van der Waals surface area (Å²) in [5.74, 6) is 0.921. The number of aromatic nitrogens is 4. The second-order valence-electron chi connectivity index (χ2n) is 4.31. The van der Waals surface area contributed by atoms with Crippen molar-refractivity contribution >= 4 is 11.2 Å². The van der Waals surface area contributed by atoms with Crippen LogP contribution in [0.25, 0.3) is 22.6 Å². The van der Waals surface area contributed by atoms with Gasteiger partial charge in [-0.3, -0.25) is 4.98 Å². The molecule has 0 aromatic carbocycles. The van der Waals surface area contributed by atoms with Crippen LogP contribution in [-0.2, 0) is 6.54 Å². The second kappa shape index (κ2) is 5.16. The molecule has 0 spiro atoms. The van der Waals surface area contributed by atoms with Gasteiger partial charge in [-0.1, -0.05) is 0 Å². The van der Waals surface area contributed by atoms with E-state index in [-0.39, 0.29) is 0 Å². The van der Waals surface area contributed by atoms with Crippen LogP contribution in [0.3, 0.4) is 0 Å². The Morgan fingerprint density at radius 2 is 1.95 bits per heavy atom. The van der Waals surface area contributed by atoms with Gasteiger partial charge in [-0.05, 0) is 37.2 Å². The number of hydrogen-bond donors (Lipinski definition) is 1. The van der Waals surface area contributed by atoms with E-state index in [0.717, 1.165) is 35.5 Å². The van der Waals surface area contributed by atoms with Crippen LogP contribution in [0.2, 0.25) is 0 Å². The van der Waals surface area contributed by atoms with Crippen molar-refractivity contribution in [1.29, 1.82) is 0 Å². The van der Waals surface area contributed by atoms with Crippen molar-refractivity contribution in [3.05, 3.63) is 42.9 Å². The summed E-state index contributed by atoms with van der Waals surface area (Å²) in [6, 6.07) is 7.80. The Labute approximate surface area is 111 Å². The van der Waals surface area contributed by atoms with Crippen LogP contribution < -0.4 is 5.73 Å². The van der Waals surface area contributed by atoms with Crippen molar-refractivity contribution in [2.75, 3.05) is 6.54 Å². The summed E-state index contributed by atoms with van der Waals surface area (Å²) in [5.41, 5.74) is 8.47. The highest BCUT2D eigenvalue weighted by Crippen LogP contribution is 2.23. The highest BCUT2D eigenvalue weighted by molar-refractivity contribution is 5.76. The Bertz CT molecular complexity index is 675. The van der Waals surface area contributed by atoms with Gasteiger partial charge >= 0.3 is 0 Å². The Kier molecular flexibility index (Phi) is 3.20. The molecule has 0 bridgehead atoms. The van der Waals surface area contributed by atoms with Crippen molar-refractivity contribution in [1.82, 2.24) is 19.5 Å². The summed E-state index contributed by atoms with van der Waals surface area (Å²) in [7, 11) is 0. The van der Waals surface area contributed by atoms with Gasteiger partial charge in [0.05, 0.1) is 0 Å². The third kappa shape index (κ3) is 2.20. The van der Waals surface area contributed by atoms with Crippen LogP contribution in [0.15, 0.2) is 42.9 Å². The topological polar surface area (TPSA) is 69.6 Å². The zero-order valence-electron chi connectivity index (χ0n) is 10.5. The Morgan fingerprint density at radius 1 is 1.11 bits per heavy atom. The monoisotopic (exact) mass is 253 g/mol. The standard InChI is InChI=1S/C14H15N5/c15-6-2-10-19-13(11-4-8-16-9-5-11)18-12-3-1-7-17-14(12)19/h1,3-5,7-9H,2,6,10,15H2. The van der Waals surface area contributed by atoms with Gasteiger partial charge in [0.1, 0.15) is 11.3 Å². The predicted molar refractivity (Wildman–Crippen MR) is 74.4 cm³/mol. The van der Waals surface area contributed by atoms with Gasteiger partial charge in [0, 0.05) is 30.7 Å². The van der Waals surface area contributed by atoms with Gasteiger partial charge in [0.25, 0.3) is 0 Å². The Balaban J connectivity index is 2.17. The fourth-order valence-electron chi connectivity index (χ4n) is 2.14. The van der Waals surface area contributed by atoms with Crippen molar-refractivity contribution in [3.8, 4) is 11.4 Å². The Morgan fingerprint density at radius 3 is 2.74 bits per heavy atom. The van der Waals surface area contributed by atoms with E-state index in [1.165, 1.54) is 0 Å². The van der Waals surface area contributed by atoms with Crippen LogP contribution in [0.4, 0.5) is 0 Å². The molecule has 0 radical (unpaired) electrons. The number of pyridine rings is 2. The first-order valence-electron chi connectivity index (χ1n) is 6.32. The summed E-state index contributed by atoms with van der Waals surface area (Å²) >= 11 is 0. The molecule has 0 saturated carbocycles. The first-order valence-corrected chi connectivity index (χ1v) is 6.32. The second-order valence-corrected chi connectivity index (χ2v) is 4.31. The maximum Gasteiger partial charge on any atom is 0.160 e. The minimum absolute atomic E-state index is 0.655. The third-order valence-electron chi connectivity index (χ3n) is 3.03. The molecule has 96 valence electrons. The summed E-state index contributed by atoms with van der Waals surface area (Å²) < 4.78 is 2.12. The number of imidazole rings is 1. The molecule has 3 heterocycles. The summed E-state index contributed by atoms with van der Waals surface area (Å²) in [4.78, 5) is 13.1. The number of fused-ring (bicyclic) bond motifs is 1. The van der Waals surface area contributed by atoms with E-state index in [0.29, 0.717) is 6.54 Å². The third-order valence-corrected chi connectivity index (χ3v) is 3.03. The molecule has 0 unspecified atom stereocenters. The number of rotatable bonds is 4. The average Bonchev–Trinajstić information content (AvgIpc) is 2.85. The lowest BCUT2D eigenvalue weighted by molar-refractivity contribution is 0.667. The van der Waals surface area contributed by atoms with E-state index >= 15 is 0 Å². The molecule has 0 saturated heterocycles. The zero-order chi connectivity index (χ0) is 13.1. The molecule has 0 atom stereocenters. The Hall–Kier alpha value is -2.27. The summed E-state index contributed by atoms with van der Waals surface area (Å²) in [5, 5.41) is 0. The van der Waals surface area contributed by atoms with E-state index in [9.17, 15) is 0 Å². The smallest absolute Gasteiger partial charge is 0.160 e. The lowest BCUT2D eigenvalue weighted by atomic mass is 10.2. The fourth-order valence-corrected chi connectivity index (χ4v) is 2.14. The van der Waals surface area contributed by atoms with Gasteiger partial charge in [0.15, 0.2) is 5.65 Å². The number of nitrogens with zero attached hydrogens (tertiary/aromatic N) is 4. The summed E-state index contributed by atoms with van der Waals surface area (Å²) in [6.07, 6.45) is 6.24. The highest BCUT2D eigenvalue weighted by Gasteiger charge is 2.12. The molecular formula is C14H15N5. The molecule has 0 aliphatic heterocycles. The number of nitrogens with two attached hydrogens (primary N) is 1. The van der Waals surface area contributed by atoms with E-state index in [1.54, 1.807) is 18.6 Å². The number of aryl methyl sites for hydroxylation is 1. The molecule has 5 heteroatoms. The maximum atomic E-state index is 5.61. The minimum Gasteiger partial charge on any atom is -0.330 e. The molecule has 19 heavy (non-hydrogen) atoms. The largest absolute Gasteiger partial charge is 0.330 e. The van der Waals surface area contributed by atoms with Crippen LogP contribution >= 0.6 is 0 Å². The van der Waals surface area contributed by atoms with Crippen molar-refractivity contribution in [2.24, 2.45) is 5.73 Å². The average molecular weight is 253 g/mol. The van der Waals surface area contributed by atoms with Crippen LogP contribution in [0.5, 0.6) is 0 Å². The summed E-state index contributed by atoms with van der Waals surface area (Å²) in [6.45, 7) is 1.48. The van der Waals surface area contributed by atoms with Crippen molar-refractivity contribution in [3.63, 3.8) is 0 Å². The fraction of sp³-hybridized carbons (Fsp3) is 0.214. The van der Waals surface area contributed by atoms with E-state index < -0.39 is 0 Å². The zero-order valence-corrected chi connectivity index (χ0v) is 10.5. The molecule has 0 fully saturated rings. The van der Waals surface area contributed by atoms with E-state index in [1.807, 2.05) is 24.3 Å². The number of hydrogen-bond acceptors (Lipinski definition) is 4. The molecule has 0 aliphatic rings. The van der Waals surface area contributed by atoms with Gasteiger partial charge in [-0.15, -0.1) is 0 Å². The quantitative estimate of drug-likeness (QED) is 0.770. The molecule has 0 amide bonds. The highest BCUT2D eigenvalue weighted by atomic mass is 15.1.